The quantitative estimate of drug-likeness (QED) is 0.819. The van der Waals surface area contributed by atoms with Crippen molar-refractivity contribution in [3.63, 3.8) is 0 Å². The molecule has 0 spiro atoms. The van der Waals surface area contributed by atoms with Crippen LogP contribution in [0.4, 0.5) is 5.82 Å². The molecule has 2 N–H and O–H groups in total. The predicted octanol–water partition coefficient (Wildman–Crippen LogP) is 2.29. The van der Waals surface area contributed by atoms with E-state index in [1.54, 1.807) is 0 Å². The van der Waals surface area contributed by atoms with Crippen molar-refractivity contribution in [1.82, 2.24) is 9.97 Å². The van der Waals surface area contributed by atoms with Crippen LogP contribution in [0.15, 0.2) is 29.3 Å². The van der Waals surface area contributed by atoms with Crippen LogP contribution in [0.25, 0.3) is 0 Å². The number of methoxy groups -OCH3 is 1. The summed E-state index contributed by atoms with van der Waals surface area (Å²) in [5, 5.41) is 8.75. The number of sulfonamides is 1. The summed E-state index contributed by atoms with van der Waals surface area (Å²) >= 11 is 11.7. The second-order valence-electron chi connectivity index (χ2n) is 4.08. The fraction of sp³-hybridized carbons (Fsp3) is 0.0833. The number of carboxylic acid groups (broad SMARTS) is 1. The normalized spacial score (nSPS) is 11.1. The van der Waals surface area contributed by atoms with Crippen molar-refractivity contribution in [1.29, 1.82) is 0 Å². The summed E-state index contributed by atoms with van der Waals surface area (Å²) in [6.07, 6.45) is 0.891. The van der Waals surface area contributed by atoms with E-state index in [1.807, 2.05) is 0 Å². The number of hydrogen-bond acceptors (Lipinski definition) is 6. The molecule has 0 aliphatic rings. The van der Waals surface area contributed by atoms with Gasteiger partial charge in [-0.1, -0.05) is 29.3 Å². The van der Waals surface area contributed by atoms with Gasteiger partial charge in [-0.05, 0) is 12.1 Å². The van der Waals surface area contributed by atoms with E-state index in [1.165, 1.54) is 25.3 Å². The highest BCUT2D eigenvalue weighted by Gasteiger charge is 2.23. The van der Waals surface area contributed by atoms with Crippen LogP contribution in [0.1, 0.15) is 10.5 Å². The van der Waals surface area contributed by atoms with Crippen LogP contribution in [0.3, 0.4) is 0 Å². The molecule has 0 aliphatic carbocycles. The maximum Gasteiger partial charge on any atom is 0.356 e. The molecule has 2 rings (SSSR count). The maximum atomic E-state index is 12.4. The van der Waals surface area contributed by atoms with E-state index < -0.39 is 21.7 Å². The Balaban J connectivity index is 2.45. The Morgan fingerprint density at radius 3 is 2.65 bits per heavy atom. The SMILES string of the molecule is COc1nc(C(=O)O)cnc1NS(=O)(=O)c1cccc(Cl)c1Cl. The minimum atomic E-state index is -4.13. The summed E-state index contributed by atoms with van der Waals surface area (Å²) in [5.41, 5.74) is -0.398. The van der Waals surface area contributed by atoms with Crippen LogP contribution in [0.5, 0.6) is 5.88 Å². The number of ether oxygens (including phenoxy) is 1. The zero-order valence-corrected chi connectivity index (χ0v) is 13.8. The lowest BCUT2D eigenvalue weighted by atomic mass is 10.4. The number of aromatic carboxylic acids is 1. The first kappa shape index (κ1) is 17.3. The minimum Gasteiger partial charge on any atom is -0.478 e. The number of nitrogens with zero attached hydrogens (tertiary/aromatic N) is 2. The van der Waals surface area contributed by atoms with Crippen molar-refractivity contribution in [2.75, 3.05) is 11.8 Å². The highest BCUT2D eigenvalue weighted by molar-refractivity contribution is 7.92. The topological polar surface area (TPSA) is 118 Å². The average molecular weight is 378 g/mol. The monoisotopic (exact) mass is 377 g/mol. The number of aromatic nitrogens is 2. The second kappa shape index (κ2) is 6.57. The zero-order valence-electron chi connectivity index (χ0n) is 11.4. The Morgan fingerprint density at radius 1 is 1.35 bits per heavy atom. The Labute approximate surface area is 141 Å². The van der Waals surface area contributed by atoms with E-state index in [0.717, 1.165) is 6.20 Å². The van der Waals surface area contributed by atoms with Gasteiger partial charge in [0.05, 0.1) is 23.4 Å². The summed E-state index contributed by atoms with van der Waals surface area (Å²) in [6.45, 7) is 0. The largest absolute Gasteiger partial charge is 0.478 e. The van der Waals surface area contributed by atoms with Crippen molar-refractivity contribution in [2.45, 2.75) is 4.90 Å². The molecule has 0 atom stereocenters. The minimum absolute atomic E-state index is 0.0637. The summed E-state index contributed by atoms with van der Waals surface area (Å²) in [5.74, 6) is -1.91. The lowest BCUT2D eigenvalue weighted by Crippen LogP contribution is -2.16. The highest BCUT2D eigenvalue weighted by Crippen LogP contribution is 2.31. The number of nitrogens with one attached hydrogen (secondary N) is 1. The number of halogens is 2. The second-order valence-corrected chi connectivity index (χ2v) is 6.51. The van der Waals surface area contributed by atoms with Gasteiger partial charge in [0.2, 0.25) is 5.82 Å². The van der Waals surface area contributed by atoms with E-state index in [2.05, 4.69) is 14.7 Å². The fourth-order valence-electron chi connectivity index (χ4n) is 1.56. The lowest BCUT2D eigenvalue weighted by Gasteiger charge is -2.11. The van der Waals surface area contributed by atoms with Crippen molar-refractivity contribution >= 4 is 45.0 Å². The molecule has 0 bridgehead atoms. The van der Waals surface area contributed by atoms with E-state index in [4.69, 9.17) is 33.0 Å². The summed E-state index contributed by atoms with van der Waals surface area (Å²) in [4.78, 5) is 17.9. The molecule has 11 heteroatoms. The summed E-state index contributed by atoms with van der Waals surface area (Å²) in [6, 6.07) is 4.10. The van der Waals surface area contributed by atoms with E-state index in [-0.39, 0.29) is 26.6 Å². The molecule has 1 aromatic heterocycles. The van der Waals surface area contributed by atoms with E-state index in [0.29, 0.717) is 0 Å². The molecular weight excluding hydrogens is 369 g/mol. The Kier molecular flexibility index (Phi) is 4.93. The Bertz CT molecular complexity index is 873. The van der Waals surface area contributed by atoms with Gasteiger partial charge in [-0.2, -0.15) is 0 Å². The van der Waals surface area contributed by atoms with Gasteiger partial charge in [0, 0.05) is 0 Å². The van der Waals surface area contributed by atoms with Crippen molar-refractivity contribution < 1.29 is 23.1 Å². The number of hydrogen-bond donors (Lipinski definition) is 2. The highest BCUT2D eigenvalue weighted by atomic mass is 35.5. The molecule has 2 aromatic rings. The number of anilines is 1. The molecule has 0 unspecified atom stereocenters. The van der Waals surface area contributed by atoms with Crippen LogP contribution in [-0.2, 0) is 10.0 Å². The Morgan fingerprint density at radius 2 is 2.04 bits per heavy atom. The third-order valence-electron chi connectivity index (χ3n) is 2.59. The van der Waals surface area contributed by atoms with Gasteiger partial charge in [-0.3, -0.25) is 4.72 Å². The first-order chi connectivity index (χ1) is 10.8. The van der Waals surface area contributed by atoms with Gasteiger partial charge in [0.15, 0.2) is 5.69 Å². The van der Waals surface area contributed by atoms with Crippen LogP contribution >= 0.6 is 23.2 Å². The molecular formula is C12H9Cl2N3O5S. The smallest absolute Gasteiger partial charge is 0.356 e. The molecule has 0 saturated carbocycles. The van der Waals surface area contributed by atoms with Gasteiger partial charge < -0.3 is 9.84 Å². The lowest BCUT2D eigenvalue weighted by molar-refractivity contribution is 0.0689. The van der Waals surface area contributed by atoms with Gasteiger partial charge in [0.1, 0.15) is 4.90 Å². The van der Waals surface area contributed by atoms with Gasteiger partial charge in [0.25, 0.3) is 15.9 Å². The van der Waals surface area contributed by atoms with Crippen LogP contribution in [0.2, 0.25) is 10.0 Å². The molecule has 0 fully saturated rings. The van der Waals surface area contributed by atoms with Crippen molar-refractivity contribution in [3.8, 4) is 5.88 Å². The molecule has 122 valence electrons. The molecule has 8 nitrogen and oxygen atoms in total. The number of benzene rings is 1. The summed E-state index contributed by atoms with van der Waals surface area (Å²) < 4.78 is 31.7. The molecule has 1 aromatic carbocycles. The van der Waals surface area contributed by atoms with Crippen LogP contribution in [-0.4, -0.2) is 36.6 Å². The van der Waals surface area contributed by atoms with Crippen LogP contribution in [0, 0.1) is 0 Å². The number of carboxylic acids is 1. The standard InChI is InChI=1S/C12H9Cl2N3O5S/c1-22-11-10(15-5-7(16-11)12(18)19)17-23(20,21)8-4-2-3-6(13)9(8)14/h2-5H,1H3,(H,15,17)(H,18,19). The van der Waals surface area contributed by atoms with Crippen molar-refractivity contribution in [2.24, 2.45) is 0 Å². The molecule has 0 saturated heterocycles. The van der Waals surface area contributed by atoms with Gasteiger partial charge in [-0.25, -0.2) is 23.2 Å². The Hall–Kier alpha value is -2.10. The van der Waals surface area contributed by atoms with Crippen molar-refractivity contribution in [3.05, 3.63) is 40.1 Å². The van der Waals surface area contributed by atoms with Gasteiger partial charge >= 0.3 is 5.97 Å². The number of rotatable bonds is 5. The molecule has 0 radical (unpaired) electrons. The third-order valence-corrected chi connectivity index (χ3v) is 4.90. The predicted molar refractivity (Wildman–Crippen MR) is 82.8 cm³/mol. The zero-order chi connectivity index (χ0) is 17.2. The van der Waals surface area contributed by atoms with Gasteiger partial charge in [-0.15, -0.1) is 0 Å². The van der Waals surface area contributed by atoms with E-state index >= 15 is 0 Å². The summed E-state index contributed by atoms with van der Waals surface area (Å²) in [7, 11) is -2.93. The number of carbonyl (C=O) groups is 1. The first-order valence-corrected chi connectivity index (χ1v) is 8.11. The van der Waals surface area contributed by atoms with E-state index in [9.17, 15) is 13.2 Å². The molecule has 0 aliphatic heterocycles. The maximum absolute atomic E-state index is 12.4. The fourth-order valence-corrected chi connectivity index (χ4v) is 3.33. The average Bonchev–Trinajstić information content (AvgIpc) is 2.49. The molecule has 0 amide bonds. The first-order valence-electron chi connectivity index (χ1n) is 5.87. The molecule has 23 heavy (non-hydrogen) atoms. The van der Waals surface area contributed by atoms with Crippen LogP contribution < -0.4 is 9.46 Å². The third kappa shape index (κ3) is 3.63. The molecule has 1 heterocycles.